The molecule has 1 N–H and O–H groups in total. The summed E-state index contributed by atoms with van der Waals surface area (Å²) in [5.74, 6) is 2.50. The van der Waals surface area contributed by atoms with Gasteiger partial charge in [-0.3, -0.25) is 4.79 Å². The Labute approximate surface area is 200 Å². The van der Waals surface area contributed by atoms with Gasteiger partial charge in [-0.25, -0.2) is 4.99 Å². The molecule has 1 heterocycles. The van der Waals surface area contributed by atoms with Crippen LogP contribution in [-0.4, -0.2) is 74.7 Å². The number of hydrogen-bond acceptors (Lipinski definition) is 3. The highest BCUT2D eigenvalue weighted by atomic mass is 127. The number of halogens is 1. The number of hydrogen-bond donors (Lipinski definition) is 1. The molecular weight excluding hydrogens is 491 g/mol. The van der Waals surface area contributed by atoms with E-state index in [2.05, 4.69) is 15.2 Å². The number of aliphatic imine (C=N–C) groups is 1. The number of likely N-dealkylation sites (N-methyl/N-ethyl adjacent to an activating group) is 1. The van der Waals surface area contributed by atoms with Gasteiger partial charge in [-0.15, -0.1) is 24.0 Å². The highest BCUT2D eigenvalue weighted by molar-refractivity contribution is 14.0. The average Bonchev–Trinajstić information content (AvgIpc) is 3.27. The van der Waals surface area contributed by atoms with E-state index < -0.39 is 0 Å². The number of carbonyl (C=O) groups is 1. The second-order valence-corrected chi connectivity index (χ2v) is 9.48. The highest BCUT2D eigenvalue weighted by Crippen LogP contribution is 2.26. The lowest BCUT2D eigenvalue weighted by Gasteiger charge is -2.35. The van der Waals surface area contributed by atoms with Crippen molar-refractivity contribution in [3.05, 3.63) is 0 Å². The van der Waals surface area contributed by atoms with Crippen LogP contribution in [0.5, 0.6) is 0 Å². The Bertz CT molecular complexity index is 523. The van der Waals surface area contributed by atoms with Gasteiger partial charge in [0.1, 0.15) is 6.54 Å². The molecule has 2 aliphatic carbocycles. The van der Waals surface area contributed by atoms with Crippen LogP contribution >= 0.6 is 24.0 Å². The minimum atomic E-state index is 0. The van der Waals surface area contributed by atoms with Crippen molar-refractivity contribution in [3.8, 4) is 0 Å². The third kappa shape index (κ3) is 8.52. The first-order chi connectivity index (χ1) is 14.1. The maximum absolute atomic E-state index is 12.1. The number of piperidine rings is 1. The first kappa shape index (κ1) is 25.7. The van der Waals surface area contributed by atoms with E-state index in [1.807, 2.05) is 0 Å². The predicted octanol–water partition coefficient (Wildman–Crippen LogP) is 3.89. The van der Waals surface area contributed by atoms with E-state index in [1.165, 1.54) is 57.8 Å². The summed E-state index contributed by atoms with van der Waals surface area (Å²) in [7, 11) is 3.58. The summed E-state index contributed by atoms with van der Waals surface area (Å²) in [6.45, 7) is 4.07. The lowest BCUT2D eigenvalue weighted by Crippen LogP contribution is -2.48. The largest absolute Gasteiger partial charge is 0.378 e. The van der Waals surface area contributed by atoms with Crippen molar-refractivity contribution < 1.29 is 9.53 Å². The summed E-state index contributed by atoms with van der Waals surface area (Å²) in [5.41, 5.74) is 0. The fourth-order valence-corrected chi connectivity index (χ4v) is 4.86. The van der Waals surface area contributed by atoms with E-state index in [0.29, 0.717) is 6.10 Å². The van der Waals surface area contributed by atoms with E-state index >= 15 is 0 Å². The van der Waals surface area contributed by atoms with Crippen LogP contribution in [-0.2, 0) is 9.53 Å². The molecule has 0 atom stereocenters. The van der Waals surface area contributed by atoms with Crippen molar-refractivity contribution in [2.45, 2.75) is 76.7 Å². The minimum Gasteiger partial charge on any atom is -0.378 e. The molecule has 0 aromatic carbocycles. The van der Waals surface area contributed by atoms with E-state index in [4.69, 9.17) is 4.74 Å². The summed E-state index contributed by atoms with van der Waals surface area (Å²) in [6, 6.07) is 0. The van der Waals surface area contributed by atoms with Crippen LogP contribution in [0.1, 0.15) is 70.6 Å². The lowest BCUT2D eigenvalue weighted by molar-refractivity contribution is -0.127. The Balaban J connectivity index is 0.00000320. The van der Waals surface area contributed by atoms with Crippen molar-refractivity contribution >= 4 is 35.8 Å². The number of rotatable bonds is 7. The summed E-state index contributed by atoms with van der Waals surface area (Å²) in [5, 5.41) is 3.61. The van der Waals surface area contributed by atoms with E-state index in [9.17, 15) is 4.79 Å². The molecule has 0 bridgehead atoms. The van der Waals surface area contributed by atoms with Crippen molar-refractivity contribution in [3.63, 3.8) is 0 Å². The number of carbonyl (C=O) groups excluding carboxylic acids is 1. The summed E-state index contributed by atoms with van der Waals surface area (Å²) >= 11 is 0. The third-order valence-electron chi connectivity index (χ3n) is 6.92. The normalized spacial score (nSPS) is 22.1. The number of amides is 1. The maximum Gasteiger partial charge on any atom is 0.243 e. The first-order valence-corrected chi connectivity index (χ1v) is 12.0. The molecule has 1 amide bonds. The van der Waals surface area contributed by atoms with Gasteiger partial charge in [0.2, 0.25) is 5.91 Å². The standard InChI is InChI=1S/C23H42N4O2.HI/c1-26(2)22(28)17-25-23(24-16-19-8-4-3-5-9-19)27-14-12-21(13-15-27)29-18-20-10-6-7-11-20;/h19-21H,3-18H2,1-2H3,(H,24,25);1H. The number of nitrogens with one attached hydrogen (secondary N) is 1. The summed E-state index contributed by atoms with van der Waals surface area (Å²) in [4.78, 5) is 20.7. The summed E-state index contributed by atoms with van der Waals surface area (Å²) < 4.78 is 6.23. The van der Waals surface area contributed by atoms with E-state index in [0.717, 1.165) is 56.9 Å². The van der Waals surface area contributed by atoms with E-state index in [-0.39, 0.29) is 36.4 Å². The molecule has 30 heavy (non-hydrogen) atoms. The van der Waals surface area contributed by atoms with Crippen LogP contribution < -0.4 is 5.32 Å². The molecule has 174 valence electrons. The highest BCUT2D eigenvalue weighted by Gasteiger charge is 2.25. The van der Waals surface area contributed by atoms with Gasteiger partial charge < -0.3 is 19.9 Å². The number of nitrogens with zero attached hydrogens (tertiary/aromatic N) is 3. The molecule has 0 radical (unpaired) electrons. The van der Waals surface area contributed by atoms with Crippen LogP contribution in [0.3, 0.4) is 0 Å². The zero-order valence-electron chi connectivity index (χ0n) is 19.1. The van der Waals surface area contributed by atoms with Crippen molar-refractivity contribution in [1.29, 1.82) is 0 Å². The lowest BCUT2D eigenvalue weighted by atomic mass is 9.89. The summed E-state index contributed by atoms with van der Waals surface area (Å²) in [6.07, 6.45) is 14.6. The smallest absolute Gasteiger partial charge is 0.243 e. The molecule has 0 aromatic rings. The molecule has 1 aliphatic heterocycles. The van der Waals surface area contributed by atoms with Crippen LogP contribution in [0.2, 0.25) is 0 Å². The van der Waals surface area contributed by atoms with Crippen LogP contribution in [0.4, 0.5) is 0 Å². The van der Waals surface area contributed by atoms with Gasteiger partial charge in [0.25, 0.3) is 0 Å². The molecule has 3 fully saturated rings. The van der Waals surface area contributed by atoms with Gasteiger partial charge in [0.05, 0.1) is 6.10 Å². The Morgan fingerprint density at radius 3 is 2.20 bits per heavy atom. The third-order valence-corrected chi connectivity index (χ3v) is 6.92. The average molecular weight is 535 g/mol. The van der Waals surface area contributed by atoms with Crippen LogP contribution in [0, 0.1) is 11.8 Å². The monoisotopic (exact) mass is 534 g/mol. The van der Waals surface area contributed by atoms with Gasteiger partial charge in [-0.1, -0.05) is 32.1 Å². The zero-order valence-corrected chi connectivity index (χ0v) is 21.4. The second kappa shape index (κ2) is 13.8. The Kier molecular flexibility index (Phi) is 11.8. The number of ether oxygens (including phenoxy) is 1. The molecule has 6 nitrogen and oxygen atoms in total. The fraction of sp³-hybridized carbons (Fsp3) is 0.913. The van der Waals surface area contributed by atoms with Gasteiger partial charge >= 0.3 is 0 Å². The molecule has 7 heteroatoms. The number of likely N-dealkylation sites (tertiary alicyclic amines) is 1. The maximum atomic E-state index is 12.1. The van der Waals surface area contributed by atoms with Crippen molar-refractivity contribution in [2.24, 2.45) is 16.8 Å². The topological polar surface area (TPSA) is 57.2 Å². The van der Waals surface area contributed by atoms with Crippen molar-refractivity contribution in [1.82, 2.24) is 15.1 Å². The van der Waals surface area contributed by atoms with Gasteiger partial charge in [-0.2, -0.15) is 0 Å². The molecule has 3 rings (SSSR count). The SMILES string of the molecule is CN(C)C(=O)CN=C(NCC1CCCCC1)N1CCC(OCC2CCCC2)CC1.I. The van der Waals surface area contributed by atoms with E-state index in [1.54, 1.807) is 19.0 Å². The molecular formula is C23H43IN4O2. The molecule has 0 aromatic heterocycles. The van der Waals surface area contributed by atoms with Gasteiger partial charge in [0.15, 0.2) is 5.96 Å². The Morgan fingerprint density at radius 2 is 1.57 bits per heavy atom. The van der Waals surface area contributed by atoms with Crippen LogP contribution in [0.25, 0.3) is 0 Å². The van der Waals surface area contributed by atoms with Gasteiger partial charge in [-0.05, 0) is 50.4 Å². The molecule has 0 spiro atoms. The fourth-order valence-electron chi connectivity index (χ4n) is 4.86. The quantitative estimate of drug-likeness (QED) is 0.306. The second-order valence-electron chi connectivity index (χ2n) is 9.48. The molecule has 0 unspecified atom stereocenters. The first-order valence-electron chi connectivity index (χ1n) is 12.0. The predicted molar refractivity (Wildman–Crippen MR) is 133 cm³/mol. The molecule has 2 saturated carbocycles. The number of guanidine groups is 1. The molecule has 1 saturated heterocycles. The Morgan fingerprint density at radius 1 is 0.967 bits per heavy atom. The van der Waals surface area contributed by atoms with Crippen molar-refractivity contribution in [2.75, 3.05) is 46.9 Å². The Hall–Kier alpha value is -0.570. The molecule has 3 aliphatic rings. The zero-order chi connectivity index (χ0) is 20.5. The van der Waals surface area contributed by atoms with Crippen LogP contribution in [0.15, 0.2) is 4.99 Å². The van der Waals surface area contributed by atoms with Gasteiger partial charge in [0, 0.05) is 40.3 Å². The minimum absolute atomic E-state index is 0.